The number of fused-ring (bicyclic) bond motifs is 4. The van der Waals surface area contributed by atoms with Crippen LogP contribution in [-0.4, -0.2) is 4.98 Å². The molecule has 0 aliphatic rings. The van der Waals surface area contributed by atoms with E-state index in [1.807, 2.05) is 0 Å². The molecular weight excluding hydrogens is 508 g/mol. The number of rotatable bonds is 5. The van der Waals surface area contributed by atoms with Crippen LogP contribution in [0.25, 0.3) is 54.8 Å². The fraction of sp³-hybridized carbons (Fsp3) is 0. The molecule has 2 nitrogen and oxygen atoms in total. The van der Waals surface area contributed by atoms with Crippen LogP contribution in [0, 0.1) is 0 Å². The highest BCUT2D eigenvalue weighted by Gasteiger charge is 2.14. The normalized spacial score (nSPS) is 11.3. The van der Waals surface area contributed by atoms with Gasteiger partial charge in [-0.05, 0) is 69.9 Å². The quantitative estimate of drug-likeness (QED) is 0.232. The van der Waals surface area contributed by atoms with Gasteiger partial charge in [-0.2, -0.15) is 0 Å². The van der Waals surface area contributed by atoms with Gasteiger partial charge >= 0.3 is 0 Å². The van der Waals surface area contributed by atoms with E-state index in [0.717, 1.165) is 17.1 Å². The highest BCUT2D eigenvalue weighted by atomic mass is 15.1. The number of nitrogens with one attached hydrogen (secondary N) is 1. The Hall–Kier alpha value is -5.60. The lowest BCUT2D eigenvalue weighted by Gasteiger charge is -2.26. The molecule has 0 aliphatic carbocycles. The average molecular weight is 537 g/mol. The van der Waals surface area contributed by atoms with Gasteiger partial charge in [-0.15, -0.1) is 0 Å². The Morgan fingerprint density at radius 3 is 1.79 bits per heavy atom. The van der Waals surface area contributed by atoms with E-state index in [1.54, 1.807) is 0 Å². The van der Waals surface area contributed by atoms with Gasteiger partial charge in [-0.1, -0.05) is 121 Å². The molecule has 0 aliphatic heterocycles. The number of H-pyrrole nitrogens is 1. The van der Waals surface area contributed by atoms with E-state index in [4.69, 9.17) is 0 Å². The molecule has 7 aromatic carbocycles. The van der Waals surface area contributed by atoms with E-state index in [-0.39, 0.29) is 0 Å². The minimum atomic E-state index is 1.13. The van der Waals surface area contributed by atoms with Crippen LogP contribution < -0.4 is 4.90 Å². The maximum atomic E-state index is 3.64. The van der Waals surface area contributed by atoms with Gasteiger partial charge in [-0.3, -0.25) is 0 Å². The molecule has 1 heterocycles. The summed E-state index contributed by atoms with van der Waals surface area (Å²) < 4.78 is 0. The van der Waals surface area contributed by atoms with Crippen molar-refractivity contribution in [2.75, 3.05) is 4.90 Å². The van der Waals surface area contributed by atoms with Gasteiger partial charge in [0.1, 0.15) is 0 Å². The first-order valence-corrected chi connectivity index (χ1v) is 14.4. The van der Waals surface area contributed by atoms with Gasteiger partial charge in [0.25, 0.3) is 0 Å². The number of benzene rings is 7. The molecule has 0 spiro atoms. The van der Waals surface area contributed by atoms with E-state index in [9.17, 15) is 0 Å². The molecule has 0 atom stereocenters. The van der Waals surface area contributed by atoms with Crippen molar-refractivity contribution in [3.63, 3.8) is 0 Å². The first-order valence-electron chi connectivity index (χ1n) is 14.4. The number of aromatic nitrogens is 1. The van der Waals surface area contributed by atoms with Crippen LogP contribution in [0.5, 0.6) is 0 Å². The lowest BCUT2D eigenvalue weighted by Crippen LogP contribution is -2.09. The van der Waals surface area contributed by atoms with Crippen molar-refractivity contribution in [2.24, 2.45) is 0 Å². The molecule has 0 saturated carbocycles. The molecule has 0 unspecified atom stereocenters. The van der Waals surface area contributed by atoms with Crippen LogP contribution in [0.15, 0.2) is 164 Å². The van der Waals surface area contributed by atoms with Gasteiger partial charge in [0.15, 0.2) is 0 Å². The third kappa shape index (κ3) is 4.22. The second-order valence-corrected chi connectivity index (χ2v) is 10.7. The number of anilines is 3. The molecule has 42 heavy (non-hydrogen) atoms. The van der Waals surface area contributed by atoms with E-state index in [2.05, 4.69) is 174 Å². The van der Waals surface area contributed by atoms with E-state index in [1.165, 1.54) is 54.8 Å². The maximum absolute atomic E-state index is 3.64. The minimum absolute atomic E-state index is 1.13. The Bertz CT molecular complexity index is 2170. The van der Waals surface area contributed by atoms with Crippen molar-refractivity contribution >= 4 is 49.6 Å². The molecule has 0 radical (unpaired) electrons. The molecule has 8 aromatic rings. The Morgan fingerprint density at radius 2 is 0.976 bits per heavy atom. The van der Waals surface area contributed by atoms with Crippen molar-refractivity contribution in [1.29, 1.82) is 0 Å². The predicted octanol–water partition coefficient (Wildman–Crippen LogP) is 11.3. The summed E-state index contributed by atoms with van der Waals surface area (Å²) in [6.07, 6.45) is 0. The zero-order valence-corrected chi connectivity index (χ0v) is 23.0. The molecule has 0 fully saturated rings. The first kappa shape index (κ1) is 24.2. The fourth-order valence-electron chi connectivity index (χ4n) is 6.10. The summed E-state index contributed by atoms with van der Waals surface area (Å²) in [7, 11) is 0. The standard InChI is InChI=1S/C40H28N2/c1-2-11-33(12-3-1)42(35-26-23-28-9-4-5-10-32(28)27-35)34-24-21-30(22-25-34)29-17-19-31(20-18-29)36-14-8-15-38-37-13-6-7-16-39(37)41-40(36)38/h1-27,41H. The van der Waals surface area contributed by atoms with Crippen LogP contribution in [0.1, 0.15) is 0 Å². The second kappa shape index (κ2) is 10.1. The molecule has 8 rings (SSSR count). The summed E-state index contributed by atoms with van der Waals surface area (Å²) in [4.78, 5) is 5.96. The van der Waals surface area contributed by atoms with Crippen molar-refractivity contribution in [2.45, 2.75) is 0 Å². The minimum Gasteiger partial charge on any atom is -0.354 e. The van der Waals surface area contributed by atoms with Gasteiger partial charge in [0.05, 0.1) is 5.52 Å². The van der Waals surface area contributed by atoms with Crippen molar-refractivity contribution < 1.29 is 0 Å². The molecule has 0 saturated heterocycles. The van der Waals surface area contributed by atoms with Crippen LogP contribution in [-0.2, 0) is 0 Å². The molecular formula is C40H28N2. The van der Waals surface area contributed by atoms with E-state index in [0.29, 0.717) is 0 Å². The molecule has 1 aromatic heterocycles. The summed E-state index contributed by atoms with van der Waals surface area (Å²) in [6, 6.07) is 58.6. The first-order chi connectivity index (χ1) is 20.8. The Balaban J connectivity index is 1.13. The van der Waals surface area contributed by atoms with Crippen molar-refractivity contribution in [1.82, 2.24) is 4.98 Å². The number of para-hydroxylation sites is 3. The Labute approximate surface area is 245 Å². The Kier molecular flexibility index (Phi) is 5.82. The lowest BCUT2D eigenvalue weighted by atomic mass is 9.98. The van der Waals surface area contributed by atoms with Crippen LogP contribution in [0.4, 0.5) is 17.1 Å². The fourth-order valence-corrected chi connectivity index (χ4v) is 6.10. The smallest absolute Gasteiger partial charge is 0.0544 e. The molecule has 198 valence electrons. The summed E-state index contributed by atoms with van der Waals surface area (Å²) in [5, 5.41) is 5.00. The van der Waals surface area contributed by atoms with Crippen LogP contribution in [0.2, 0.25) is 0 Å². The summed E-state index contributed by atoms with van der Waals surface area (Å²) in [6.45, 7) is 0. The largest absolute Gasteiger partial charge is 0.354 e. The van der Waals surface area contributed by atoms with Crippen molar-refractivity contribution in [3.8, 4) is 22.3 Å². The van der Waals surface area contributed by atoms with Gasteiger partial charge < -0.3 is 9.88 Å². The summed E-state index contributed by atoms with van der Waals surface area (Å²) in [5.41, 5.74) is 10.6. The number of hydrogen-bond acceptors (Lipinski definition) is 1. The second-order valence-electron chi connectivity index (χ2n) is 10.7. The topological polar surface area (TPSA) is 19.0 Å². The maximum Gasteiger partial charge on any atom is 0.0544 e. The number of hydrogen-bond donors (Lipinski definition) is 1. The van der Waals surface area contributed by atoms with E-state index >= 15 is 0 Å². The van der Waals surface area contributed by atoms with Gasteiger partial charge in [-0.25, -0.2) is 0 Å². The highest BCUT2D eigenvalue weighted by Crippen LogP contribution is 2.38. The zero-order chi connectivity index (χ0) is 27.9. The monoisotopic (exact) mass is 536 g/mol. The third-order valence-corrected chi connectivity index (χ3v) is 8.20. The van der Waals surface area contributed by atoms with Gasteiger partial charge in [0, 0.05) is 38.9 Å². The lowest BCUT2D eigenvalue weighted by molar-refractivity contribution is 1.29. The SMILES string of the molecule is c1ccc(N(c2ccc(-c3ccc(-c4cccc5c4[nH]c4ccccc45)cc3)cc2)c2ccc3ccccc3c2)cc1. The van der Waals surface area contributed by atoms with Crippen molar-refractivity contribution in [3.05, 3.63) is 164 Å². The summed E-state index contributed by atoms with van der Waals surface area (Å²) in [5.74, 6) is 0. The third-order valence-electron chi connectivity index (χ3n) is 8.20. The highest BCUT2D eigenvalue weighted by molar-refractivity contribution is 6.11. The van der Waals surface area contributed by atoms with Crippen LogP contribution >= 0.6 is 0 Å². The molecule has 2 heteroatoms. The average Bonchev–Trinajstić information content (AvgIpc) is 3.45. The zero-order valence-electron chi connectivity index (χ0n) is 23.0. The Morgan fingerprint density at radius 1 is 0.381 bits per heavy atom. The molecule has 0 bridgehead atoms. The summed E-state index contributed by atoms with van der Waals surface area (Å²) >= 11 is 0. The molecule has 1 N–H and O–H groups in total. The number of nitrogens with zero attached hydrogens (tertiary/aromatic N) is 1. The predicted molar refractivity (Wildman–Crippen MR) is 179 cm³/mol. The van der Waals surface area contributed by atoms with Crippen LogP contribution in [0.3, 0.4) is 0 Å². The number of aromatic amines is 1. The van der Waals surface area contributed by atoms with E-state index < -0.39 is 0 Å². The van der Waals surface area contributed by atoms with Gasteiger partial charge in [0.2, 0.25) is 0 Å². The molecule has 0 amide bonds.